The van der Waals surface area contributed by atoms with Crippen LogP contribution in [0.4, 0.5) is 19.0 Å². The molecule has 0 fully saturated rings. The first-order valence-electron chi connectivity index (χ1n) is 9.45. The molecule has 3 rings (SSSR count). The minimum Gasteiger partial charge on any atom is -0.465 e. The number of benzene rings is 2. The van der Waals surface area contributed by atoms with Gasteiger partial charge in [-0.2, -0.15) is 13.2 Å². The number of esters is 1. The maximum Gasteiger partial charge on any atom is 0.416 e. The first-order valence-corrected chi connectivity index (χ1v) is 12.1. The van der Waals surface area contributed by atoms with Gasteiger partial charge in [0.2, 0.25) is 0 Å². The Morgan fingerprint density at radius 2 is 1.82 bits per heavy atom. The second-order valence-electron chi connectivity index (χ2n) is 6.78. The quantitative estimate of drug-likeness (QED) is 0.386. The van der Waals surface area contributed by atoms with Gasteiger partial charge in [-0.1, -0.05) is 23.7 Å². The Morgan fingerprint density at radius 3 is 2.36 bits per heavy atom. The summed E-state index contributed by atoms with van der Waals surface area (Å²) < 4.78 is 70.9. The van der Waals surface area contributed by atoms with Crippen LogP contribution in [-0.2, 0) is 20.9 Å². The Balaban J connectivity index is 2.02. The van der Waals surface area contributed by atoms with E-state index >= 15 is 0 Å². The number of anilines is 1. The third-order valence-electron chi connectivity index (χ3n) is 4.69. The fourth-order valence-corrected chi connectivity index (χ4v) is 5.72. The van der Waals surface area contributed by atoms with E-state index in [-0.39, 0.29) is 27.8 Å². The Kier molecular flexibility index (Phi) is 7.06. The van der Waals surface area contributed by atoms with Crippen molar-refractivity contribution in [3.63, 3.8) is 0 Å². The average Bonchev–Trinajstić information content (AvgIpc) is 3.14. The molecule has 33 heavy (non-hydrogen) atoms. The van der Waals surface area contributed by atoms with E-state index < -0.39 is 27.7 Å². The molecule has 0 aliphatic rings. The minimum atomic E-state index is -4.46. The monoisotopic (exact) mass is 518 g/mol. The van der Waals surface area contributed by atoms with E-state index in [0.717, 1.165) is 41.0 Å². The molecule has 0 unspecified atom stereocenters. The van der Waals surface area contributed by atoms with Crippen LogP contribution in [0, 0.1) is 6.92 Å². The SMILES string of the molecule is CCN(c1nc(-c2ccc(C(F)(F)F)cc2)sc1C)S(=O)(=O)c1ccc(Cl)c(C(=O)OC)c1. The molecule has 176 valence electrons. The maximum atomic E-state index is 13.4. The van der Waals surface area contributed by atoms with Crippen LogP contribution >= 0.6 is 22.9 Å². The van der Waals surface area contributed by atoms with Crippen LogP contribution in [0.3, 0.4) is 0 Å². The van der Waals surface area contributed by atoms with Gasteiger partial charge in [-0.3, -0.25) is 0 Å². The van der Waals surface area contributed by atoms with Gasteiger partial charge in [0.15, 0.2) is 5.82 Å². The lowest BCUT2D eigenvalue weighted by molar-refractivity contribution is -0.137. The highest BCUT2D eigenvalue weighted by atomic mass is 35.5. The highest BCUT2D eigenvalue weighted by Gasteiger charge is 2.31. The van der Waals surface area contributed by atoms with E-state index in [0.29, 0.717) is 15.4 Å². The van der Waals surface area contributed by atoms with Gasteiger partial charge >= 0.3 is 12.1 Å². The van der Waals surface area contributed by atoms with Crippen LogP contribution in [0.15, 0.2) is 47.4 Å². The molecule has 0 radical (unpaired) electrons. The van der Waals surface area contributed by atoms with Crippen LogP contribution in [0.1, 0.15) is 27.7 Å². The molecule has 2 aromatic carbocycles. The molecule has 1 aromatic heterocycles. The van der Waals surface area contributed by atoms with Gasteiger partial charge in [0.05, 0.1) is 28.2 Å². The van der Waals surface area contributed by atoms with E-state index in [2.05, 4.69) is 9.72 Å². The molecule has 3 aromatic rings. The first-order chi connectivity index (χ1) is 15.4. The first kappa shape index (κ1) is 25.0. The predicted octanol–water partition coefficient (Wildman–Crippen LogP) is 5.79. The molecule has 12 heteroatoms. The highest BCUT2D eigenvalue weighted by molar-refractivity contribution is 7.92. The number of carbonyl (C=O) groups is 1. The van der Waals surface area contributed by atoms with Crippen LogP contribution in [0.2, 0.25) is 5.02 Å². The van der Waals surface area contributed by atoms with Gasteiger partial charge in [0.1, 0.15) is 5.01 Å². The number of carbonyl (C=O) groups excluding carboxylic acids is 1. The summed E-state index contributed by atoms with van der Waals surface area (Å²) in [6.45, 7) is 3.31. The Hall–Kier alpha value is -2.63. The van der Waals surface area contributed by atoms with Gasteiger partial charge in [-0.05, 0) is 44.2 Å². The largest absolute Gasteiger partial charge is 0.465 e. The van der Waals surface area contributed by atoms with Crippen molar-refractivity contribution in [3.05, 3.63) is 63.5 Å². The molecule has 0 N–H and O–H groups in total. The number of thiazole rings is 1. The lowest BCUT2D eigenvalue weighted by Gasteiger charge is -2.21. The summed E-state index contributed by atoms with van der Waals surface area (Å²) in [5, 5.41) is 0.412. The number of halogens is 4. The molecular weight excluding hydrogens is 501 g/mol. The molecule has 0 amide bonds. The van der Waals surface area contributed by atoms with Gasteiger partial charge in [0.25, 0.3) is 10.0 Å². The third kappa shape index (κ3) is 4.99. The zero-order valence-corrected chi connectivity index (χ0v) is 20.0. The summed E-state index contributed by atoms with van der Waals surface area (Å²) in [5.41, 5.74) is -0.464. The van der Waals surface area contributed by atoms with Crippen molar-refractivity contribution in [2.45, 2.75) is 24.9 Å². The lowest BCUT2D eigenvalue weighted by Crippen LogP contribution is -2.31. The van der Waals surface area contributed by atoms with E-state index in [4.69, 9.17) is 11.6 Å². The number of methoxy groups -OCH3 is 1. The second kappa shape index (κ2) is 9.32. The number of rotatable bonds is 6. The summed E-state index contributed by atoms with van der Waals surface area (Å²) in [7, 11) is -2.99. The number of alkyl halides is 3. The third-order valence-corrected chi connectivity index (χ3v) is 7.89. The molecule has 0 saturated carbocycles. The number of hydrogen-bond acceptors (Lipinski definition) is 6. The van der Waals surface area contributed by atoms with E-state index in [1.165, 1.54) is 24.3 Å². The standard InChI is InChI=1S/C21H18ClF3N2O4S2/c1-4-27(33(29,30)15-9-10-17(22)16(11-15)20(28)31-3)18-12(2)32-19(26-18)13-5-7-14(8-6-13)21(23,24)25/h5-11H,4H2,1-3H3. The maximum absolute atomic E-state index is 13.4. The van der Waals surface area contributed by atoms with Crippen molar-refractivity contribution >= 4 is 44.7 Å². The predicted molar refractivity (Wildman–Crippen MR) is 120 cm³/mol. The van der Waals surface area contributed by atoms with Crippen molar-refractivity contribution in [2.75, 3.05) is 18.0 Å². The molecule has 6 nitrogen and oxygen atoms in total. The number of sulfonamides is 1. The Bertz CT molecular complexity index is 1290. The van der Waals surface area contributed by atoms with Gasteiger partial charge < -0.3 is 4.74 Å². The molecule has 1 heterocycles. The number of ether oxygens (including phenoxy) is 1. The summed E-state index contributed by atoms with van der Waals surface area (Å²) >= 11 is 7.15. The molecule has 0 spiro atoms. The van der Waals surface area contributed by atoms with Crippen LogP contribution in [-0.4, -0.2) is 33.0 Å². The van der Waals surface area contributed by atoms with E-state index in [9.17, 15) is 26.4 Å². The van der Waals surface area contributed by atoms with Crippen LogP contribution in [0.25, 0.3) is 10.6 Å². The second-order valence-corrected chi connectivity index (χ2v) is 10.2. The molecule has 0 saturated heterocycles. The zero-order chi connectivity index (χ0) is 24.6. The van der Waals surface area contributed by atoms with Crippen molar-refractivity contribution in [3.8, 4) is 10.6 Å². The summed E-state index contributed by atoms with van der Waals surface area (Å²) in [4.78, 5) is 16.7. The summed E-state index contributed by atoms with van der Waals surface area (Å²) in [6, 6.07) is 8.16. The summed E-state index contributed by atoms with van der Waals surface area (Å²) in [6.07, 6.45) is -4.46. The normalized spacial score (nSPS) is 12.0. The van der Waals surface area contributed by atoms with Crippen molar-refractivity contribution in [2.24, 2.45) is 0 Å². The fourth-order valence-electron chi connectivity index (χ4n) is 3.04. The van der Waals surface area contributed by atoms with Crippen molar-refractivity contribution in [1.82, 2.24) is 4.98 Å². The molecule has 0 aliphatic carbocycles. The van der Waals surface area contributed by atoms with E-state index in [1.807, 2.05) is 0 Å². The summed E-state index contributed by atoms with van der Waals surface area (Å²) in [5.74, 6) is -0.638. The van der Waals surface area contributed by atoms with Gasteiger partial charge in [0, 0.05) is 17.0 Å². The minimum absolute atomic E-state index is 0.0234. The number of aromatic nitrogens is 1. The highest BCUT2D eigenvalue weighted by Crippen LogP contribution is 2.37. The van der Waals surface area contributed by atoms with Crippen LogP contribution < -0.4 is 4.31 Å². The van der Waals surface area contributed by atoms with Crippen molar-refractivity contribution in [1.29, 1.82) is 0 Å². The van der Waals surface area contributed by atoms with E-state index in [1.54, 1.807) is 13.8 Å². The topological polar surface area (TPSA) is 76.6 Å². The Morgan fingerprint density at radius 1 is 1.18 bits per heavy atom. The van der Waals surface area contributed by atoms with Gasteiger partial charge in [-0.15, -0.1) is 11.3 Å². The molecule has 0 bridgehead atoms. The smallest absolute Gasteiger partial charge is 0.416 e. The Labute approximate surface area is 197 Å². The lowest BCUT2D eigenvalue weighted by atomic mass is 10.1. The number of aryl methyl sites for hydroxylation is 1. The van der Waals surface area contributed by atoms with Crippen LogP contribution in [0.5, 0.6) is 0 Å². The zero-order valence-electron chi connectivity index (χ0n) is 17.6. The molecular formula is C21H18ClF3N2O4S2. The average molecular weight is 519 g/mol. The van der Waals surface area contributed by atoms with Crippen molar-refractivity contribution < 1.29 is 31.1 Å². The number of hydrogen-bond donors (Lipinski definition) is 0. The molecule has 0 atom stereocenters. The fraction of sp³-hybridized carbons (Fsp3) is 0.238. The van der Waals surface area contributed by atoms with Gasteiger partial charge in [-0.25, -0.2) is 22.5 Å². The number of nitrogens with zero attached hydrogens (tertiary/aromatic N) is 2. The molecule has 0 aliphatic heterocycles.